The van der Waals surface area contributed by atoms with E-state index in [9.17, 15) is 0 Å². The Morgan fingerprint density at radius 2 is 0.737 bits per heavy atom. The van der Waals surface area contributed by atoms with Crippen LogP contribution in [0, 0.1) is 0 Å². The Labute approximate surface area is 326 Å². The minimum atomic E-state index is 1.16. The molecule has 14 rings (SSSR count). The van der Waals surface area contributed by atoms with Crippen molar-refractivity contribution in [1.82, 2.24) is 13.4 Å². The Kier molecular flexibility index (Phi) is 5.51. The first-order valence-corrected chi connectivity index (χ1v) is 19.8. The van der Waals surface area contributed by atoms with Crippen molar-refractivity contribution in [2.75, 3.05) is 0 Å². The second kappa shape index (κ2) is 10.6. The van der Waals surface area contributed by atoms with Crippen LogP contribution in [-0.2, 0) is 0 Å². The van der Waals surface area contributed by atoms with Crippen molar-refractivity contribution in [3.63, 3.8) is 0 Å². The number of hydrogen-bond donors (Lipinski definition) is 0. The summed E-state index contributed by atoms with van der Waals surface area (Å²) in [5.74, 6) is 0. The number of aromatic nitrogens is 3. The van der Waals surface area contributed by atoms with Crippen molar-refractivity contribution in [3.05, 3.63) is 188 Å². The molecule has 0 spiro atoms. The molecule has 5 heterocycles. The molecule has 9 aromatic carbocycles. The number of nitrogens with zero attached hydrogens (tertiary/aromatic N) is 3. The van der Waals surface area contributed by atoms with Crippen LogP contribution >= 0.6 is 0 Å². The van der Waals surface area contributed by atoms with E-state index in [0.717, 1.165) is 5.69 Å². The summed E-state index contributed by atoms with van der Waals surface area (Å²) in [6, 6.07) is 69.6. The minimum absolute atomic E-state index is 1.16. The summed E-state index contributed by atoms with van der Waals surface area (Å²) in [6.07, 6.45) is 0. The molecule has 0 aliphatic carbocycles. The summed E-state index contributed by atoms with van der Waals surface area (Å²) < 4.78 is 7.70. The highest BCUT2D eigenvalue weighted by molar-refractivity contribution is 6.41. The Bertz CT molecular complexity index is 3940. The molecular weight excluding hydrogens is 691 g/mol. The standard InChI is InChI=1S/C54H31N3/c1-4-17-32(18-5-1)45-49-39-27-16-26-36-35-23-10-13-28-41(35)56(51(36)39)53(49)46(33-19-6-2-7-20-33)50-40-31-44-47(48-38-25-12-15-30-43(38)57(52(40)48)54(45)50)37-24-11-14-29-42(37)55(44)34-21-8-3-9-22-34/h1-31H. The molecule has 57 heavy (non-hydrogen) atoms. The Morgan fingerprint density at radius 3 is 1.40 bits per heavy atom. The largest absolute Gasteiger partial charge is 0.309 e. The van der Waals surface area contributed by atoms with Gasteiger partial charge in [-0.1, -0.05) is 152 Å². The zero-order valence-corrected chi connectivity index (χ0v) is 30.7. The molecule has 0 fully saturated rings. The highest BCUT2D eigenvalue weighted by atomic mass is 15.0. The number of hydrogen-bond acceptors (Lipinski definition) is 0. The van der Waals surface area contributed by atoms with E-state index in [1.54, 1.807) is 0 Å². The molecule has 0 aliphatic heterocycles. The molecule has 3 heteroatoms. The Hall–Kier alpha value is -7.62. The highest BCUT2D eigenvalue weighted by Crippen LogP contribution is 2.55. The van der Waals surface area contributed by atoms with Crippen molar-refractivity contribution in [2.24, 2.45) is 0 Å². The van der Waals surface area contributed by atoms with Crippen molar-refractivity contribution in [3.8, 4) is 27.9 Å². The molecule has 0 atom stereocenters. The molecule has 262 valence electrons. The van der Waals surface area contributed by atoms with Crippen LogP contribution < -0.4 is 0 Å². The van der Waals surface area contributed by atoms with Crippen molar-refractivity contribution >= 4 is 98.0 Å². The molecule has 0 saturated heterocycles. The van der Waals surface area contributed by atoms with Gasteiger partial charge in [0.2, 0.25) is 0 Å². The van der Waals surface area contributed by atoms with Crippen molar-refractivity contribution < 1.29 is 0 Å². The van der Waals surface area contributed by atoms with E-state index in [4.69, 9.17) is 0 Å². The molecule has 0 N–H and O–H groups in total. The molecule has 0 saturated carbocycles. The number of benzene rings is 9. The maximum absolute atomic E-state index is 2.63. The molecule has 0 unspecified atom stereocenters. The van der Waals surface area contributed by atoms with Gasteiger partial charge >= 0.3 is 0 Å². The van der Waals surface area contributed by atoms with E-state index < -0.39 is 0 Å². The van der Waals surface area contributed by atoms with E-state index in [1.807, 2.05) is 0 Å². The lowest BCUT2D eigenvalue weighted by atomic mass is 9.89. The van der Waals surface area contributed by atoms with Gasteiger partial charge in [0.1, 0.15) is 0 Å². The van der Waals surface area contributed by atoms with Gasteiger partial charge in [-0.25, -0.2) is 0 Å². The zero-order chi connectivity index (χ0) is 36.9. The smallest absolute Gasteiger partial charge is 0.0634 e. The predicted molar refractivity (Wildman–Crippen MR) is 241 cm³/mol. The van der Waals surface area contributed by atoms with Gasteiger partial charge in [-0.05, 0) is 47.5 Å². The Morgan fingerprint density at radius 1 is 0.263 bits per heavy atom. The molecule has 0 aliphatic rings. The van der Waals surface area contributed by atoms with Crippen molar-refractivity contribution in [2.45, 2.75) is 0 Å². The van der Waals surface area contributed by atoms with Gasteiger partial charge in [0.25, 0.3) is 0 Å². The molecule has 0 amide bonds. The molecule has 3 nitrogen and oxygen atoms in total. The van der Waals surface area contributed by atoms with Gasteiger partial charge < -0.3 is 13.4 Å². The average molecular weight is 722 g/mol. The van der Waals surface area contributed by atoms with Gasteiger partial charge in [-0.3, -0.25) is 0 Å². The van der Waals surface area contributed by atoms with Crippen LogP contribution in [0.3, 0.4) is 0 Å². The molecule has 0 bridgehead atoms. The van der Waals surface area contributed by atoms with E-state index in [-0.39, 0.29) is 0 Å². The quantitative estimate of drug-likeness (QED) is 0.172. The fraction of sp³-hybridized carbons (Fsp3) is 0. The lowest BCUT2D eigenvalue weighted by Crippen LogP contribution is -1.94. The van der Waals surface area contributed by atoms with E-state index >= 15 is 0 Å². The van der Waals surface area contributed by atoms with Gasteiger partial charge in [-0.2, -0.15) is 0 Å². The molecule has 14 aromatic rings. The first kappa shape index (κ1) is 29.7. The summed E-state index contributed by atoms with van der Waals surface area (Å²) in [7, 11) is 0. The Balaban J connectivity index is 1.37. The van der Waals surface area contributed by atoms with Crippen LogP contribution in [0.1, 0.15) is 0 Å². The van der Waals surface area contributed by atoms with Crippen LogP contribution in [0.5, 0.6) is 0 Å². The van der Waals surface area contributed by atoms with Crippen LogP contribution in [0.4, 0.5) is 0 Å². The first-order valence-electron chi connectivity index (χ1n) is 19.8. The summed E-state index contributed by atoms with van der Waals surface area (Å²) in [5, 5.41) is 12.9. The summed E-state index contributed by atoms with van der Waals surface area (Å²) in [4.78, 5) is 0. The number of rotatable bonds is 3. The van der Waals surface area contributed by atoms with Crippen molar-refractivity contribution in [1.29, 1.82) is 0 Å². The summed E-state index contributed by atoms with van der Waals surface area (Å²) >= 11 is 0. The third kappa shape index (κ3) is 3.54. The van der Waals surface area contributed by atoms with Crippen LogP contribution in [0.15, 0.2) is 188 Å². The summed E-state index contributed by atoms with van der Waals surface area (Å²) in [6.45, 7) is 0. The predicted octanol–water partition coefficient (Wildman–Crippen LogP) is 14.4. The second-order valence-corrected chi connectivity index (χ2v) is 15.6. The fourth-order valence-corrected chi connectivity index (χ4v) is 10.8. The van der Waals surface area contributed by atoms with Gasteiger partial charge in [0, 0.05) is 70.7 Å². The monoisotopic (exact) mass is 721 g/mol. The topological polar surface area (TPSA) is 13.8 Å². The molecular formula is C54H31N3. The average Bonchev–Trinajstić information content (AvgIpc) is 4.07. The lowest BCUT2D eigenvalue weighted by Gasteiger charge is -2.16. The third-order valence-corrected chi connectivity index (χ3v) is 12.8. The maximum atomic E-state index is 2.63. The van der Waals surface area contributed by atoms with Crippen LogP contribution in [0.25, 0.3) is 126 Å². The first-order chi connectivity index (χ1) is 28.4. The zero-order valence-electron chi connectivity index (χ0n) is 30.7. The van der Waals surface area contributed by atoms with Crippen LogP contribution in [0.2, 0.25) is 0 Å². The SMILES string of the molecule is c1ccc(-c2c3c4cc5c(c6ccccc6n5-c5ccccc5)c5c6ccccc6n(c3c(-c3ccccc3)c3c6cccc7c8ccccc8n(c23)c76)c45)cc1. The normalized spacial score (nSPS) is 12.6. The fourth-order valence-electron chi connectivity index (χ4n) is 10.8. The molecule has 0 radical (unpaired) electrons. The van der Waals surface area contributed by atoms with E-state index in [0.29, 0.717) is 0 Å². The molecule has 5 aromatic heterocycles. The third-order valence-electron chi connectivity index (χ3n) is 12.8. The van der Waals surface area contributed by atoms with Gasteiger partial charge in [-0.15, -0.1) is 0 Å². The number of fused-ring (bicyclic) bond motifs is 16. The lowest BCUT2D eigenvalue weighted by molar-refractivity contribution is 1.18. The minimum Gasteiger partial charge on any atom is -0.309 e. The van der Waals surface area contributed by atoms with E-state index in [1.165, 1.54) is 120 Å². The highest BCUT2D eigenvalue weighted by Gasteiger charge is 2.32. The maximum Gasteiger partial charge on any atom is 0.0634 e. The number of para-hydroxylation sites is 5. The van der Waals surface area contributed by atoms with E-state index in [2.05, 4.69) is 201 Å². The van der Waals surface area contributed by atoms with Gasteiger partial charge in [0.05, 0.1) is 44.1 Å². The summed E-state index contributed by atoms with van der Waals surface area (Å²) in [5.41, 5.74) is 16.1. The second-order valence-electron chi connectivity index (χ2n) is 15.6. The van der Waals surface area contributed by atoms with Gasteiger partial charge in [0.15, 0.2) is 0 Å². The van der Waals surface area contributed by atoms with Crippen LogP contribution in [-0.4, -0.2) is 13.4 Å².